The number of likely N-dealkylation sites (tertiary alicyclic amines) is 1. The van der Waals surface area contributed by atoms with Gasteiger partial charge in [0.1, 0.15) is 0 Å². The van der Waals surface area contributed by atoms with E-state index in [1.165, 1.54) is 45.3 Å². The highest BCUT2D eigenvalue weighted by molar-refractivity contribution is 4.91. The van der Waals surface area contributed by atoms with Crippen molar-refractivity contribution < 1.29 is 4.74 Å². The lowest BCUT2D eigenvalue weighted by molar-refractivity contribution is -0.0499. The van der Waals surface area contributed by atoms with E-state index in [1.807, 2.05) is 13.8 Å². The summed E-state index contributed by atoms with van der Waals surface area (Å²) in [5.41, 5.74) is 0.272. The summed E-state index contributed by atoms with van der Waals surface area (Å²) < 4.78 is 5.87. The van der Waals surface area contributed by atoms with Crippen LogP contribution < -0.4 is 0 Å². The van der Waals surface area contributed by atoms with Gasteiger partial charge in [-0.25, -0.2) is 0 Å². The number of nitrogens with zero attached hydrogens (tertiary/aromatic N) is 1. The lowest BCUT2D eigenvalue weighted by atomic mass is 9.90. The van der Waals surface area contributed by atoms with E-state index in [9.17, 15) is 0 Å². The summed E-state index contributed by atoms with van der Waals surface area (Å²) in [5, 5.41) is 0. The Kier molecular flexibility index (Phi) is 4.90. The first-order valence-corrected chi connectivity index (χ1v) is 6.21. The molecule has 1 atom stereocenters. The van der Waals surface area contributed by atoms with Crippen LogP contribution in [-0.4, -0.2) is 36.7 Å². The molecule has 1 spiro atoms. The maximum Gasteiger partial charge on any atom is 0.0810 e. The van der Waals surface area contributed by atoms with Crippen LogP contribution in [-0.2, 0) is 4.74 Å². The summed E-state index contributed by atoms with van der Waals surface area (Å²) in [7, 11) is 0. The second kappa shape index (κ2) is 5.72. The highest BCUT2D eigenvalue weighted by atomic mass is 16.5. The van der Waals surface area contributed by atoms with E-state index in [1.54, 1.807) is 0 Å². The van der Waals surface area contributed by atoms with Crippen LogP contribution in [0.2, 0.25) is 0 Å². The lowest BCUT2D eigenvalue weighted by Gasteiger charge is -2.39. The van der Waals surface area contributed by atoms with Crippen LogP contribution in [0.4, 0.5) is 0 Å². The van der Waals surface area contributed by atoms with Crippen LogP contribution in [0.15, 0.2) is 0 Å². The number of piperidine rings is 1. The highest BCUT2D eigenvalue weighted by Gasteiger charge is 2.38. The van der Waals surface area contributed by atoms with Crippen molar-refractivity contribution in [3.05, 3.63) is 0 Å². The molecular weight excluding hydrogens is 174 g/mol. The zero-order valence-corrected chi connectivity index (χ0v) is 10.0. The number of ether oxygens (including phenoxy) is 1. The molecule has 2 heteroatoms. The van der Waals surface area contributed by atoms with Gasteiger partial charge in [-0.15, -0.1) is 0 Å². The van der Waals surface area contributed by atoms with E-state index in [-0.39, 0.29) is 5.60 Å². The van der Waals surface area contributed by atoms with Gasteiger partial charge in [0.2, 0.25) is 0 Å². The van der Waals surface area contributed by atoms with Gasteiger partial charge < -0.3 is 9.64 Å². The van der Waals surface area contributed by atoms with Crippen LogP contribution in [0, 0.1) is 0 Å². The molecule has 2 nitrogen and oxygen atoms in total. The quantitative estimate of drug-likeness (QED) is 0.644. The summed E-state index contributed by atoms with van der Waals surface area (Å²) in [6.07, 6.45) is 5.19. The van der Waals surface area contributed by atoms with Crippen molar-refractivity contribution in [2.75, 3.05) is 26.2 Å². The second-order valence-corrected chi connectivity index (χ2v) is 4.11. The molecule has 0 bridgehead atoms. The summed E-state index contributed by atoms with van der Waals surface area (Å²) in [6, 6.07) is 0. The predicted octanol–water partition coefficient (Wildman–Crippen LogP) is 2.68. The number of hydrogen-bond donors (Lipinski definition) is 0. The Morgan fingerprint density at radius 3 is 2.50 bits per heavy atom. The Morgan fingerprint density at radius 2 is 1.93 bits per heavy atom. The Balaban J connectivity index is 0.000000461. The van der Waals surface area contributed by atoms with Crippen LogP contribution in [0.1, 0.15) is 46.5 Å². The van der Waals surface area contributed by atoms with Crippen LogP contribution in [0.3, 0.4) is 0 Å². The molecule has 2 aliphatic rings. The molecule has 1 unspecified atom stereocenters. The molecule has 2 heterocycles. The van der Waals surface area contributed by atoms with E-state index in [0.717, 1.165) is 6.61 Å². The van der Waals surface area contributed by atoms with Crippen molar-refractivity contribution in [2.24, 2.45) is 0 Å². The van der Waals surface area contributed by atoms with E-state index >= 15 is 0 Å². The molecule has 2 fully saturated rings. The Hall–Kier alpha value is -0.0800. The first-order chi connectivity index (χ1) is 6.85. The van der Waals surface area contributed by atoms with Crippen molar-refractivity contribution in [2.45, 2.75) is 52.1 Å². The van der Waals surface area contributed by atoms with Crippen molar-refractivity contribution in [3.8, 4) is 0 Å². The Morgan fingerprint density at radius 1 is 1.21 bits per heavy atom. The van der Waals surface area contributed by atoms with Crippen molar-refractivity contribution in [1.82, 2.24) is 4.90 Å². The van der Waals surface area contributed by atoms with Gasteiger partial charge in [0.25, 0.3) is 0 Å². The van der Waals surface area contributed by atoms with Gasteiger partial charge in [-0.1, -0.05) is 20.8 Å². The fraction of sp³-hybridized carbons (Fsp3) is 1.00. The van der Waals surface area contributed by atoms with Crippen LogP contribution in [0.25, 0.3) is 0 Å². The molecule has 0 aromatic rings. The zero-order valence-electron chi connectivity index (χ0n) is 10.0. The van der Waals surface area contributed by atoms with Crippen molar-refractivity contribution >= 4 is 0 Å². The van der Waals surface area contributed by atoms with Gasteiger partial charge in [0, 0.05) is 13.2 Å². The van der Waals surface area contributed by atoms with E-state index < -0.39 is 0 Å². The standard InChI is InChI=1S/C10H19NO.C2H6/c1-2-11-7-3-5-10(9-11)6-4-8-12-10;1-2/h2-9H2,1H3;1-2H3. The smallest absolute Gasteiger partial charge is 0.0810 e. The topological polar surface area (TPSA) is 12.5 Å². The lowest BCUT2D eigenvalue weighted by Crippen LogP contribution is -2.47. The van der Waals surface area contributed by atoms with Crippen molar-refractivity contribution in [3.63, 3.8) is 0 Å². The minimum absolute atomic E-state index is 0.272. The largest absolute Gasteiger partial charge is 0.374 e. The zero-order chi connectivity index (χ0) is 10.4. The predicted molar refractivity (Wildman–Crippen MR) is 60.6 cm³/mol. The Bertz CT molecular complexity index is 152. The molecule has 0 saturated carbocycles. The molecule has 2 saturated heterocycles. The van der Waals surface area contributed by atoms with Gasteiger partial charge in [-0.2, -0.15) is 0 Å². The van der Waals surface area contributed by atoms with Gasteiger partial charge in [-0.3, -0.25) is 0 Å². The van der Waals surface area contributed by atoms with Crippen LogP contribution >= 0.6 is 0 Å². The molecule has 0 aliphatic carbocycles. The summed E-state index contributed by atoms with van der Waals surface area (Å²) in [5.74, 6) is 0. The fourth-order valence-electron chi connectivity index (χ4n) is 2.54. The molecule has 2 aliphatic heterocycles. The van der Waals surface area contributed by atoms with Gasteiger partial charge in [0.15, 0.2) is 0 Å². The van der Waals surface area contributed by atoms with E-state index in [2.05, 4.69) is 11.8 Å². The van der Waals surface area contributed by atoms with Gasteiger partial charge in [0.05, 0.1) is 5.60 Å². The molecular formula is C12H25NO. The molecule has 0 aromatic carbocycles. The third-order valence-electron chi connectivity index (χ3n) is 3.25. The number of rotatable bonds is 1. The fourth-order valence-corrected chi connectivity index (χ4v) is 2.54. The molecule has 84 valence electrons. The number of hydrogen-bond acceptors (Lipinski definition) is 2. The molecule has 14 heavy (non-hydrogen) atoms. The summed E-state index contributed by atoms with van der Waals surface area (Å²) in [4.78, 5) is 2.52. The van der Waals surface area contributed by atoms with E-state index in [4.69, 9.17) is 4.74 Å². The van der Waals surface area contributed by atoms with Crippen molar-refractivity contribution in [1.29, 1.82) is 0 Å². The van der Waals surface area contributed by atoms with E-state index in [0.29, 0.717) is 0 Å². The summed E-state index contributed by atoms with van der Waals surface area (Å²) in [6.45, 7) is 10.9. The average Bonchev–Trinajstić information content (AvgIpc) is 2.69. The van der Waals surface area contributed by atoms with Crippen LogP contribution in [0.5, 0.6) is 0 Å². The third-order valence-corrected chi connectivity index (χ3v) is 3.25. The van der Waals surface area contributed by atoms with Gasteiger partial charge >= 0.3 is 0 Å². The summed E-state index contributed by atoms with van der Waals surface area (Å²) >= 11 is 0. The number of likely N-dealkylation sites (N-methyl/N-ethyl adjacent to an activating group) is 1. The van der Waals surface area contributed by atoms with Gasteiger partial charge in [-0.05, 0) is 38.8 Å². The maximum atomic E-state index is 5.87. The molecule has 2 rings (SSSR count). The normalized spacial score (nSPS) is 32.8. The third kappa shape index (κ3) is 2.71. The SMILES string of the molecule is CC.CCN1CCCC2(CCCO2)C1. The second-order valence-electron chi connectivity index (χ2n) is 4.11. The first-order valence-electron chi connectivity index (χ1n) is 6.21. The minimum atomic E-state index is 0.272. The molecule has 0 amide bonds. The Labute approximate surface area is 88.6 Å². The highest BCUT2D eigenvalue weighted by Crippen LogP contribution is 2.34. The maximum absolute atomic E-state index is 5.87. The molecule has 0 radical (unpaired) electrons. The molecule has 0 aromatic heterocycles. The monoisotopic (exact) mass is 199 g/mol. The average molecular weight is 199 g/mol. The first kappa shape index (κ1) is 12.0. The molecule has 0 N–H and O–H groups in total. The minimum Gasteiger partial charge on any atom is -0.374 e.